The topological polar surface area (TPSA) is 92.8 Å². The van der Waals surface area contributed by atoms with Crippen molar-refractivity contribution in [1.29, 1.82) is 0 Å². The van der Waals surface area contributed by atoms with E-state index in [-0.39, 0.29) is 22.0 Å². The highest BCUT2D eigenvalue weighted by atomic mass is 32.2. The Kier molecular flexibility index (Phi) is 7.22. The minimum Gasteiger partial charge on any atom is -0.452 e. The third-order valence-corrected chi connectivity index (χ3v) is 7.12. The number of rotatable bonds is 7. The normalized spacial score (nSPS) is 18.5. The van der Waals surface area contributed by atoms with Crippen LogP contribution in [0.4, 0.5) is 0 Å². The second-order valence-corrected chi connectivity index (χ2v) is 9.74. The van der Waals surface area contributed by atoms with Gasteiger partial charge in [-0.05, 0) is 58.2 Å². The number of nitrogens with one attached hydrogen (secondary N) is 1. The first-order valence-electron chi connectivity index (χ1n) is 9.67. The average molecular weight is 411 g/mol. The van der Waals surface area contributed by atoms with Gasteiger partial charge in [0.15, 0.2) is 6.61 Å². The smallest absolute Gasteiger partial charge is 0.338 e. The number of esters is 1. The van der Waals surface area contributed by atoms with Crippen LogP contribution in [0.2, 0.25) is 0 Å². The number of hydrogen-bond donors (Lipinski definition) is 1. The van der Waals surface area contributed by atoms with Crippen molar-refractivity contribution in [3.05, 3.63) is 29.8 Å². The van der Waals surface area contributed by atoms with E-state index in [1.807, 2.05) is 27.7 Å². The average Bonchev–Trinajstić information content (AvgIpc) is 2.66. The number of benzene rings is 1. The molecule has 0 aliphatic carbocycles. The molecule has 156 valence electrons. The van der Waals surface area contributed by atoms with E-state index in [0.29, 0.717) is 6.54 Å². The van der Waals surface area contributed by atoms with E-state index >= 15 is 0 Å². The van der Waals surface area contributed by atoms with Gasteiger partial charge in [0.25, 0.3) is 5.91 Å². The fraction of sp³-hybridized carbons (Fsp3) is 0.600. The number of ether oxygens (including phenoxy) is 1. The molecule has 2 rings (SSSR count). The summed E-state index contributed by atoms with van der Waals surface area (Å²) in [6, 6.07) is 5.71. The van der Waals surface area contributed by atoms with Crippen LogP contribution in [0, 0.1) is 0 Å². The number of hydrogen-bond acceptors (Lipinski definition) is 5. The van der Waals surface area contributed by atoms with Gasteiger partial charge in [-0.3, -0.25) is 4.79 Å². The number of piperidine rings is 1. The Morgan fingerprint density at radius 2 is 2.00 bits per heavy atom. The maximum absolute atomic E-state index is 12.9. The summed E-state index contributed by atoms with van der Waals surface area (Å²) in [6.07, 6.45) is 3.40. The van der Waals surface area contributed by atoms with Crippen LogP contribution >= 0.6 is 0 Å². The van der Waals surface area contributed by atoms with Crippen molar-refractivity contribution < 1.29 is 22.7 Å². The van der Waals surface area contributed by atoms with E-state index in [1.165, 1.54) is 28.6 Å². The molecule has 1 amide bonds. The fourth-order valence-corrected chi connectivity index (χ4v) is 4.81. The Balaban J connectivity index is 2.08. The zero-order valence-corrected chi connectivity index (χ0v) is 17.8. The molecule has 0 aromatic heterocycles. The standard InChI is InChI=1S/C20H30N2O5S/c1-5-20(3,4)21-18(23)14-27-19(24)16-10-8-11-17(13-16)28(25,26)22-12-7-6-9-15(22)2/h8,10-11,13,15H,5-7,9,12,14H2,1-4H3,(H,21,23)/t15-/m0/s1. The number of sulfonamides is 1. The van der Waals surface area contributed by atoms with Crippen molar-refractivity contribution in [2.75, 3.05) is 13.2 Å². The molecular formula is C20H30N2O5S. The molecule has 1 heterocycles. The van der Waals surface area contributed by atoms with E-state index in [2.05, 4.69) is 5.32 Å². The van der Waals surface area contributed by atoms with Crippen molar-refractivity contribution >= 4 is 21.9 Å². The van der Waals surface area contributed by atoms with E-state index < -0.39 is 28.5 Å². The third-order valence-electron chi connectivity index (χ3n) is 5.11. The molecule has 0 unspecified atom stereocenters. The van der Waals surface area contributed by atoms with Crippen LogP contribution in [0.25, 0.3) is 0 Å². The lowest BCUT2D eigenvalue weighted by molar-refractivity contribution is -0.125. The molecule has 1 atom stereocenters. The predicted molar refractivity (Wildman–Crippen MR) is 106 cm³/mol. The minimum absolute atomic E-state index is 0.0623. The monoisotopic (exact) mass is 410 g/mol. The number of carbonyl (C=O) groups excluding carboxylic acids is 2. The van der Waals surface area contributed by atoms with Gasteiger partial charge in [0.1, 0.15) is 0 Å². The first-order chi connectivity index (χ1) is 13.1. The maximum Gasteiger partial charge on any atom is 0.338 e. The molecule has 1 fully saturated rings. The Morgan fingerprint density at radius 3 is 2.64 bits per heavy atom. The van der Waals surface area contributed by atoms with E-state index in [0.717, 1.165) is 25.7 Å². The van der Waals surface area contributed by atoms with Crippen molar-refractivity contribution in [2.45, 2.75) is 69.9 Å². The maximum atomic E-state index is 12.9. The first-order valence-corrected chi connectivity index (χ1v) is 11.1. The molecule has 1 aliphatic heterocycles. The second kappa shape index (κ2) is 9.05. The molecule has 1 saturated heterocycles. The molecule has 28 heavy (non-hydrogen) atoms. The summed E-state index contributed by atoms with van der Waals surface area (Å²) in [5.41, 5.74) is -0.281. The van der Waals surface area contributed by atoms with Gasteiger partial charge in [-0.15, -0.1) is 0 Å². The van der Waals surface area contributed by atoms with Crippen molar-refractivity contribution in [1.82, 2.24) is 9.62 Å². The summed E-state index contributed by atoms with van der Waals surface area (Å²) in [4.78, 5) is 24.3. The van der Waals surface area contributed by atoms with Gasteiger partial charge >= 0.3 is 5.97 Å². The van der Waals surface area contributed by atoms with Crippen molar-refractivity contribution in [2.24, 2.45) is 0 Å². The molecule has 7 nitrogen and oxygen atoms in total. The van der Waals surface area contributed by atoms with Gasteiger partial charge in [-0.2, -0.15) is 4.31 Å². The van der Waals surface area contributed by atoms with Gasteiger partial charge in [-0.1, -0.05) is 19.4 Å². The molecule has 0 radical (unpaired) electrons. The third kappa shape index (κ3) is 5.54. The molecule has 1 aromatic carbocycles. The molecule has 1 N–H and O–H groups in total. The largest absolute Gasteiger partial charge is 0.452 e. The van der Waals surface area contributed by atoms with Crippen molar-refractivity contribution in [3.8, 4) is 0 Å². The molecule has 0 spiro atoms. The summed E-state index contributed by atoms with van der Waals surface area (Å²) in [5, 5.41) is 2.78. The van der Waals surface area contributed by atoms with E-state index in [4.69, 9.17) is 4.74 Å². The minimum atomic E-state index is -3.68. The van der Waals surface area contributed by atoms with Crippen LogP contribution in [-0.4, -0.2) is 49.3 Å². The molecular weight excluding hydrogens is 380 g/mol. The van der Waals surface area contributed by atoms with E-state index in [9.17, 15) is 18.0 Å². The lowest BCUT2D eigenvalue weighted by Crippen LogP contribution is -2.44. The quantitative estimate of drug-likeness (QED) is 0.698. The SMILES string of the molecule is CCC(C)(C)NC(=O)COC(=O)c1cccc(S(=O)(=O)N2CCCC[C@@H]2C)c1. The Hall–Kier alpha value is -1.93. The van der Waals surface area contributed by atoms with Gasteiger partial charge in [0, 0.05) is 18.1 Å². The highest BCUT2D eigenvalue weighted by Crippen LogP contribution is 2.25. The van der Waals surface area contributed by atoms with E-state index in [1.54, 1.807) is 0 Å². The Morgan fingerprint density at radius 1 is 1.29 bits per heavy atom. The van der Waals surface area contributed by atoms with Crippen LogP contribution in [0.1, 0.15) is 63.7 Å². The molecule has 1 aliphatic rings. The second-order valence-electron chi connectivity index (χ2n) is 7.85. The molecule has 0 bridgehead atoms. The number of nitrogens with zero attached hydrogens (tertiary/aromatic N) is 1. The first kappa shape index (κ1) is 22.4. The zero-order chi connectivity index (χ0) is 20.9. The lowest BCUT2D eigenvalue weighted by Gasteiger charge is -2.32. The lowest BCUT2D eigenvalue weighted by atomic mass is 10.0. The van der Waals surface area contributed by atoms with Crippen molar-refractivity contribution in [3.63, 3.8) is 0 Å². The van der Waals surface area contributed by atoms with Crippen LogP contribution in [0.5, 0.6) is 0 Å². The number of amides is 1. The van der Waals surface area contributed by atoms with Gasteiger partial charge in [0.2, 0.25) is 10.0 Å². The molecule has 8 heteroatoms. The predicted octanol–water partition coefficient (Wildman–Crippen LogP) is 2.71. The molecule has 1 aromatic rings. The van der Waals surface area contributed by atoms with Gasteiger partial charge in [0.05, 0.1) is 10.5 Å². The summed E-state index contributed by atoms with van der Waals surface area (Å²) < 4.78 is 32.4. The summed E-state index contributed by atoms with van der Waals surface area (Å²) in [6.45, 7) is 7.66. The van der Waals surface area contributed by atoms with Crippen LogP contribution < -0.4 is 5.32 Å². The summed E-state index contributed by atoms with van der Waals surface area (Å²) in [7, 11) is -3.68. The molecule has 0 saturated carbocycles. The van der Waals surface area contributed by atoms with Gasteiger partial charge in [-0.25, -0.2) is 13.2 Å². The number of carbonyl (C=O) groups is 2. The Labute approximate surface area is 167 Å². The van der Waals surface area contributed by atoms with Crippen LogP contribution in [-0.2, 0) is 19.6 Å². The summed E-state index contributed by atoms with van der Waals surface area (Å²) in [5.74, 6) is -1.13. The highest BCUT2D eigenvalue weighted by Gasteiger charge is 2.31. The zero-order valence-electron chi connectivity index (χ0n) is 17.0. The highest BCUT2D eigenvalue weighted by molar-refractivity contribution is 7.89. The Bertz CT molecular complexity index is 820. The van der Waals surface area contributed by atoms with Crippen LogP contribution in [0.3, 0.4) is 0 Å². The summed E-state index contributed by atoms with van der Waals surface area (Å²) >= 11 is 0. The van der Waals surface area contributed by atoms with Crippen LogP contribution in [0.15, 0.2) is 29.2 Å². The van der Waals surface area contributed by atoms with Gasteiger partial charge < -0.3 is 10.1 Å². The fourth-order valence-electron chi connectivity index (χ4n) is 3.06.